The number of carbonyl (C=O) groups excluding carboxylic acids is 10. The zero-order valence-corrected chi connectivity index (χ0v) is 45.1. The predicted molar refractivity (Wildman–Crippen MR) is 275 cm³/mol. The lowest BCUT2D eigenvalue weighted by atomic mass is 10.2. The number of hydrogen-bond acceptors (Lipinski definition) is 19. The third-order valence-electron chi connectivity index (χ3n) is 9.29. The summed E-state index contributed by atoms with van der Waals surface area (Å²) in [5.74, 6) is -6.31. The first-order chi connectivity index (χ1) is 33.5. The molecule has 410 valence electrons. The Balaban J connectivity index is 0. The molecular formula is C43H76N12O14S3. The van der Waals surface area contributed by atoms with Crippen LogP contribution in [0.2, 0.25) is 0 Å². The Labute approximate surface area is 432 Å². The number of likely N-dealkylation sites (tertiary alicyclic amines) is 1. The van der Waals surface area contributed by atoms with Gasteiger partial charge in [-0.3, -0.25) is 67.3 Å². The van der Waals surface area contributed by atoms with Gasteiger partial charge in [-0.1, -0.05) is 0 Å². The molecule has 1 saturated heterocycles. The summed E-state index contributed by atoms with van der Waals surface area (Å²) in [7, 11) is 0. The van der Waals surface area contributed by atoms with Crippen molar-refractivity contribution >= 4 is 106 Å². The van der Waals surface area contributed by atoms with Crippen LogP contribution in [0.1, 0.15) is 74.7 Å². The van der Waals surface area contributed by atoms with E-state index in [0.29, 0.717) is 0 Å². The third-order valence-corrected chi connectivity index (χ3v) is 12.1. The summed E-state index contributed by atoms with van der Waals surface area (Å²) < 4.78 is 0. The highest BCUT2D eigenvalue weighted by Gasteiger charge is 2.44. The maximum atomic E-state index is 12.0. The molecule has 0 saturated carbocycles. The van der Waals surface area contributed by atoms with Gasteiger partial charge in [-0.25, -0.2) is 0 Å². The third kappa shape index (κ3) is 25.4. The molecule has 2 heterocycles. The van der Waals surface area contributed by atoms with Crippen molar-refractivity contribution in [2.24, 2.45) is 22.9 Å². The van der Waals surface area contributed by atoms with Crippen LogP contribution in [-0.2, 0) is 57.5 Å². The number of nitrogens with two attached hydrogens (primary N) is 4. The molecule has 7 unspecified atom stereocenters. The lowest BCUT2D eigenvalue weighted by Crippen LogP contribution is -2.54. The van der Waals surface area contributed by atoms with E-state index in [0.717, 1.165) is 45.5 Å². The molecule has 0 aromatic rings. The van der Waals surface area contributed by atoms with E-state index >= 15 is 0 Å². The van der Waals surface area contributed by atoms with E-state index in [1.165, 1.54) is 11.8 Å². The minimum atomic E-state index is -1.06. The Hall–Kier alpha value is -5.33. The topological polar surface area (TPSA) is 428 Å². The average Bonchev–Trinajstić information content (AvgIpc) is 3.76. The van der Waals surface area contributed by atoms with Gasteiger partial charge in [0.15, 0.2) is 0 Å². The molecule has 26 nitrogen and oxygen atoms in total. The van der Waals surface area contributed by atoms with Crippen molar-refractivity contribution in [3.8, 4) is 0 Å². The molecule has 0 radical (unpaired) electrons. The highest BCUT2D eigenvalue weighted by atomic mass is 32.2. The van der Waals surface area contributed by atoms with Crippen molar-refractivity contribution in [3.05, 3.63) is 12.2 Å². The standard InChI is InChI=1S/2C11H21N3O4S.C11H19N3O3S.C10H15N3O3/c1-6(2)13-10(17)7(5-12)14-11(18)8(19-3)4-9(15)16;1-6(2)13-10(16)7(5-12)14-9(15)4-8(19-3)11(17)18;1-6(2)13-10(16)7(5-12)14-9(15)4-8(18-3)11(14)17;1-6(2)12-10(16)7(5-11)13-8(14)3-4-9(13)15/h6-8H,4-5,12H2,1-3H3,(H,13,17)(H,14,18)(H,15,16);6-8H,4-5,12H2,1-3H3,(H,13,16)(H,14,15)(H,17,18);6-8H,4-5,12H2,1-3H3,(H,13,16);3-4,6-7H,5,11H2,1-2H3,(H,12,16). The lowest BCUT2D eigenvalue weighted by molar-refractivity contribution is -0.146. The van der Waals surface area contributed by atoms with Crippen LogP contribution in [0.4, 0.5) is 0 Å². The van der Waals surface area contributed by atoms with Gasteiger partial charge in [0.25, 0.3) is 11.8 Å². The Morgan fingerprint density at radius 1 is 0.556 bits per heavy atom. The van der Waals surface area contributed by atoms with Crippen molar-refractivity contribution < 1.29 is 67.7 Å². The van der Waals surface area contributed by atoms with Crippen LogP contribution in [0.5, 0.6) is 0 Å². The summed E-state index contributed by atoms with van der Waals surface area (Å²) in [5, 5.41) is 31.0. The molecule has 72 heavy (non-hydrogen) atoms. The summed E-state index contributed by atoms with van der Waals surface area (Å²) >= 11 is 3.50. The molecule has 10 amide bonds. The van der Waals surface area contributed by atoms with Crippen molar-refractivity contribution in [2.45, 2.75) is 139 Å². The number of thioether (sulfide) groups is 3. The van der Waals surface area contributed by atoms with Gasteiger partial charge in [0, 0.05) is 75.3 Å². The number of rotatable bonds is 25. The van der Waals surface area contributed by atoms with E-state index in [4.69, 9.17) is 33.1 Å². The second kappa shape index (κ2) is 35.7. The smallest absolute Gasteiger partial charge is 0.317 e. The first-order valence-electron chi connectivity index (χ1n) is 22.6. The van der Waals surface area contributed by atoms with Gasteiger partial charge in [-0.05, 0) is 74.2 Å². The van der Waals surface area contributed by atoms with Gasteiger partial charge in [0.05, 0.1) is 16.9 Å². The Bertz CT molecular complexity index is 1890. The van der Waals surface area contributed by atoms with Gasteiger partial charge < -0.3 is 65.0 Å². The molecule has 29 heteroatoms. The second-order valence-electron chi connectivity index (χ2n) is 16.8. The molecule has 2 aliphatic rings. The van der Waals surface area contributed by atoms with E-state index in [1.54, 1.807) is 60.3 Å². The van der Waals surface area contributed by atoms with E-state index < -0.39 is 81.4 Å². The fourth-order valence-corrected chi connectivity index (χ4v) is 7.64. The summed E-state index contributed by atoms with van der Waals surface area (Å²) in [6, 6.07) is -3.77. The van der Waals surface area contributed by atoms with Crippen molar-refractivity contribution in [2.75, 3.05) is 44.9 Å². The van der Waals surface area contributed by atoms with Crippen LogP contribution in [-0.4, -0.2) is 200 Å². The fourth-order valence-electron chi connectivity index (χ4n) is 5.91. The summed E-state index contributed by atoms with van der Waals surface area (Å²) in [6.07, 6.45) is 6.94. The maximum absolute atomic E-state index is 12.0. The van der Waals surface area contributed by atoms with Crippen molar-refractivity contribution in [1.82, 2.24) is 41.7 Å². The van der Waals surface area contributed by atoms with Gasteiger partial charge in [0.2, 0.25) is 47.3 Å². The molecule has 2 rings (SSSR count). The Morgan fingerprint density at radius 3 is 1.26 bits per heavy atom. The van der Waals surface area contributed by atoms with Crippen LogP contribution in [0.15, 0.2) is 12.2 Å². The average molecular weight is 1080 g/mol. The van der Waals surface area contributed by atoms with Crippen LogP contribution >= 0.6 is 35.3 Å². The van der Waals surface area contributed by atoms with Gasteiger partial charge >= 0.3 is 11.9 Å². The normalized spacial score (nSPS) is 16.5. The van der Waals surface area contributed by atoms with Crippen molar-refractivity contribution in [3.63, 3.8) is 0 Å². The fraction of sp³-hybridized carbons (Fsp3) is 0.674. The minimum Gasteiger partial charge on any atom is -0.481 e. The second-order valence-corrected chi connectivity index (χ2v) is 19.9. The van der Waals surface area contributed by atoms with E-state index in [2.05, 4.69) is 31.9 Å². The summed E-state index contributed by atoms with van der Waals surface area (Å²) in [4.78, 5) is 140. The number of nitrogens with zero attached hydrogens (tertiary/aromatic N) is 2. The monoisotopic (exact) mass is 1080 g/mol. The number of nitrogens with one attached hydrogen (secondary N) is 6. The molecule has 16 N–H and O–H groups in total. The van der Waals surface area contributed by atoms with Gasteiger partial charge in [-0.15, -0.1) is 11.8 Å². The number of carbonyl (C=O) groups is 12. The number of aliphatic carboxylic acids is 2. The molecule has 2 aliphatic heterocycles. The lowest BCUT2D eigenvalue weighted by Gasteiger charge is -2.25. The van der Waals surface area contributed by atoms with E-state index in [1.807, 2.05) is 13.8 Å². The van der Waals surface area contributed by atoms with Crippen LogP contribution in [0.25, 0.3) is 0 Å². The molecule has 0 aliphatic carbocycles. The number of amides is 10. The number of imide groups is 2. The van der Waals surface area contributed by atoms with Gasteiger partial charge in [0.1, 0.15) is 29.4 Å². The first kappa shape index (κ1) is 68.7. The van der Waals surface area contributed by atoms with Crippen LogP contribution < -0.4 is 54.8 Å². The maximum Gasteiger partial charge on any atom is 0.317 e. The molecule has 0 bridgehead atoms. The highest BCUT2D eigenvalue weighted by Crippen LogP contribution is 2.25. The van der Waals surface area contributed by atoms with E-state index in [9.17, 15) is 57.5 Å². The summed E-state index contributed by atoms with van der Waals surface area (Å²) in [5.41, 5.74) is 21.8. The van der Waals surface area contributed by atoms with Crippen molar-refractivity contribution in [1.29, 1.82) is 0 Å². The summed E-state index contributed by atoms with van der Waals surface area (Å²) in [6.45, 7) is 14.1. The number of hydrogen-bond donors (Lipinski definition) is 12. The molecule has 7 atom stereocenters. The zero-order chi connectivity index (χ0) is 56.2. The number of carboxylic acids is 2. The largest absolute Gasteiger partial charge is 0.481 e. The molecular weight excluding hydrogens is 1000 g/mol. The highest BCUT2D eigenvalue weighted by molar-refractivity contribution is 8.00. The molecule has 0 aromatic heterocycles. The Morgan fingerprint density at radius 2 is 0.944 bits per heavy atom. The Kier molecular flexibility index (Phi) is 34.1. The number of carboxylic acid groups (broad SMARTS) is 2. The molecule has 0 spiro atoms. The predicted octanol–water partition coefficient (Wildman–Crippen LogP) is -3.59. The molecule has 0 aromatic carbocycles. The molecule has 1 fully saturated rings. The quantitative estimate of drug-likeness (QED) is 0.0393. The van der Waals surface area contributed by atoms with Gasteiger partial charge in [-0.2, -0.15) is 23.5 Å². The zero-order valence-electron chi connectivity index (χ0n) is 42.7. The van der Waals surface area contributed by atoms with Crippen LogP contribution in [0.3, 0.4) is 0 Å². The minimum absolute atomic E-state index is 0.0404. The van der Waals surface area contributed by atoms with E-state index in [-0.39, 0.29) is 99.1 Å². The van der Waals surface area contributed by atoms with Crippen LogP contribution in [0, 0.1) is 0 Å². The SMILES string of the molecule is CC(C)NC(=O)C(CN)N1C(=O)C=CC1=O.CSC(CC(=O)NC(CN)C(=O)NC(C)C)C(=O)O.CSC(CC(=O)O)C(=O)NC(CN)C(=O)NC(C)C.CSC1CC(=O)N(C(CN)C(=O)NC(C)C)C1=O. The first-order valence-corrected chi connectivity index (χ1v) is 26.4.